The van der Waals surface area contributed by atoms with E-state index in [4.69, 9.17) is 16.3 Å². The zero-order valence-electron chi connectivity index (χ0n) is 13.1. The summed E-state index contributed by atoms with van der Waals surface area (Å²) < 4.78 is 30.2. The van der Waals surface area contributed by atoms with Crippen molar-refractivity contribution in [2.24, 2.45) is 0 Å². The smallest absolute Gasteiger partial charge is 0.243 e. The molecule has 1 rings (SSSR count). The zero-order valence-corrected chi connectivity index (χ0v) is 14.7. The lowest BCUT2D eigenvalue weighted by molar-refractivity contribution is -0.122. The molecule has 0 saturated heterocycles. The summed E-state index contributed by atoms with van der Waals surface area (Å²) in [5.41, 5.74) is 1.11. The van der Waals surface area contributed by atoms with E-state index in [1.165, 1.54) is 20.1 Å². The zero-order chi connectivity index (χ0) is 16.9. The van der Waals surface area contributed by atoms with Crippen LogP contribution < -0.4 is 9.62 Å². The van der Waals surface area contributed by atoms with Gasteiger partial charge in [0.1, 0.15) is 6.04 Å². The molecule has 6 nitrogen and oxygen atoms in total. The molecule has 0 aliphatic carbocycles. The lowest BCUT2D eigenvalue weighted by Crippen LogP contribution is -2.48. The van der Waals surface area contributed by atoms with Crippen LogP contribution in [-0.2, 0) is 19.6 Å². The fourth-order valence-electron chi connectivity index (χ4n) is 2.02. The van der Waals surface area contributed by atoms with Gasteiger partial charge in [0.15, 0.2) is 0 Å². The van der Waals surface area contributed by atoms with Crippen LogP contribution in [0.3, 0.4) is 0 Å². The van der Waals surface area contributed by atoms with E-state index in [1.54, 1.807) is 19.1 Å². The van der Waals surface area contributed by atoms with E-state index in [9.17, 15) is 13.2 Å². The average Bonchev–Trinajstić information content (AvgIpc) is 2.41. The van der Waals surface area contributed by atoms with Gasteiger partial charge in [-0.2, -0.15) is 0 Å². The molecule has 1 aromatic carbocycles. The van der Waals surface area contributed by atoms with Crippen molar-refractivity contribution >= 4 is 33.2 Å². The molecule has 0 fully saturated rings. The summed E-state index contributed by atoms with van der Waals surface area (Å²) in [6, 6.07) is 4.02. The van der Waals surface area contributed by atoms with Gasteiger partial charge in [0.2, 0.25) is 15.9 Å². The van der Waals surface area contributed by atoms with Gasteiger partial charge in [0.25, 0.3) is 0 Å². The molecule has 0 aliphatic rings. The molecule has 0 spiro atoms. The fourth-order valence-corrected chi connectivity index (χ4v) is 3.42. The van der Waals surface area contributed by atoms with Crippen LogP contribution in [0.1, 0.15) is 12.5 Å². The Bertz CT molecular complexity index is 634. The molecule has 0 heterocycles. The molecular formula is C14H21ClN2O4S. The number of nitrogens with one attached hydrogen (secondary N) is 1. The Balaban J connectivity index is 3.14. The van der Waals surface area contributed by atoms with Crippen LogP contribution in [0, 0.1) is 6.92 Å². The molecular weight excluding hydrogens is 328 g/mol. The highest BCUT2D eigenvalue weighted by Crippen LogP contribution is 2.28. The van der Waals surface area contributed by atoms with Crippen molar-refractivity contribution in [2.75, 3.05) is 30.8 Å². The lowest BCUT2D eigenvalue weighted by Gasteiger charge is -2.29. The van der Waals surface area contributed by atoms with Gasteiger partial charge in [-0.3, -0.25) is 9.10 Å². The summed E-state index contributed by atoms with van der Waals surface area (Å²) in [6.07, 6.45) is 1.06. The largest absolute Gasteiger partial charge is 0.383 e. The number of sulfonamides is 1. The molecule has 0 aliphatic heterocycles. The molecule has 1 atom stereocenters. The lowest BCUT2D eigenvalue weighted by atomic mass is 10.2. The molecule has 1 amide bonds. The maximum absolute atomic E-state index is 12.2. The quantitative estimate of drug-likeness (QED) is 0.759. The van der Waals surface area contributed by atoms with Crippen molar-refractivity contribution in [1.29, 1.82) is 0 Å². The third-order valence-corrected chi connectivity index (χ3v) is 4.57. The van der Waals surface area contributed by atoms with Gasteiger partial charge < -0.3 is 10.1 Å². The summed E-state index contributed by atoms with van der Waals surface area (Å²) in [5.74, 6) is -0.401. The minimum atomic E-state index is -3.65. The molecule has 0 aromatic heterocycles. The third-order valence-electron chi connectivity index (χ3n) is 3.10. The average molecular weight is 349 g/mol. The van der Waals surface area contributed by atoms with E-state index in [0.717, 1.165) is 10.6 Å². The number of hydrogen-bond donors (Lipinski definition) is 1. The van der Waals surface area contributed by atoms with Crippen molar-refractivity contribution < 1.29 is 17.9 Å². The number of carbonyl (C=O) groups is 1. The Morgan fingerprint density at radius 1 is 1.45 bits per heavy atom. The molecule has 22 heavy (non-hydrogen) atoms. The Kier molecular flexibility index (Phi) is 6.65. The number of nitrogens with zero attached hydrogens (tertiary/aromatic N) is 1. The Labute approximate surface area is 136 Å². The number of rotatable bonds is 7. The van der Waals surface area contributed by atoms with Crippen molar-refractivity contribution in [2.45, 2.75) is 19.9 Å². The van der Waals surface area contributed by atoms with Gasteiger partial charge in [0, 0.05) is 18.7 Å². The second-order valence-corrected chi connectivity index (χ2v) is 7.25. The number of methoxy groups -OCH3 is 1. The maximum atomic E-state index is 12.2. The molecule has 0 unspecified atom stereocenters. The van der Waals surface area contributed by atoms with Gasteiger partial charge in [0.05, 0.1) is 18.6 Å². The number of anilines is 1. The predicted molar refractivity (Wildman–Crippen MR) is 87.9 cm³/mol. The first-order chi connectivity index (χ1) is 10.2. The first-order valence-electron chi connectivity index (χ1n) is 6.70. The van der Waals surface area contributed by atoms with Gasteiger partial charge in [-0.1, -0.05) is 17.7 Å². The molecule has 124 valence electrons. The second kappa shape index (κ2) is 7.80. The van der Waals surface area contributed by atoms with Crippen molar-refractivity contribution in [3.63, 3.8) is 0 Å². The van der Waals surface area contributed by atoms with E-state index in [2.05, 4.69) is 5.32 Å². The number of hydrogen-bond acceptors (Lipinski definition) is 4. The molecule has 8 heteroatoms. The van der Waals surface area contributed by atoms with Gasteiger partial charge in [-0.05, 0) is 31.5 Å². The number of ether oxygens (including phenoxy) is 1. The van der Waals surface area contributed by atoms with Gasteiger partial charge >= 0.3 is 0 Å². The van der Waals surface area contributed by atoms with Crippen LogP contribution in [0.5, 0.6) is 0 Å². The van der Waals surface area contributed by atoms with Crippen molar-refractivity contribution in [3.8, 4) is 0 Å². The Morgan fingerprint density at radius 3 is 2.64 bits per heavy atom. The highest BCUT2D eigenvalue weighted by Gasteiger charge is 2.30. The van der Waals surface area contributed by atoms with Crippen LogP contribution in [0.4, 0.5) is 5.69 Å². The maximum Gasteiger partial charge on any atom is 0.243 e. The summed E-state index contributed by atoms with van der Waals surface area (Å²) in [5, 5.41) is 3.04. The summed E-state index contributed by atoms with van der Waals surface area (Å²) >= 11 is 5.96. The van der Waals surface area contributed by atoms with E-state index in [1.807, 2.05) is 0 Å². The number of benzene rings is 1. The summed E-state index contributed by atoms with van der Waals surface area (Å²) in [4.78, 5) is 12.2. The van der Waals surface area contributed by atoms with Crippen LogP contribution in [0.15, 0.2) is 18.2 Å². The van der Waals surface area contributed by atoms with E-state index in [0.29, 0.717) is 29.4 Å². The standard InChI is InChI=1S/C14H21ClN2O4S/c1-10-5-6-12(15)9-13(10)17(22(4,19)20)11(2)14(18)16-7-8-21-3/h5-6,9,11H,7-8H2,1-4H3,(H,16,18)/t11-/m0/s1. The topological polar surface area (TPSA) is 75.7 Å². The van der Waals surface area contributed by atoms with Crippen LogP contribution in [0.2, 0.25) is 5.02 Å². The monoisotopic (exact) mass is 348 g/mol. The van der Waals surface area contributed by atoms with Crippen LogP contribution in [0.25, 0.3) is 0 Å². The number of halogens is 1. The predicted octanol–water partition coefficient (Wildman–Crippen LogP) is 1.57. The van der Waals surface area contributed by atoms with Crippen molar-refractivity contribution in [1.82, 2.24) is 5.32 Å². The first-order valence-corrected chi connectivity index (χ1v) is 8.93. The Morgan fingerprint density at radius 2 is 2.09 bits per heavy atom. The number of amides is 1. The SMILES string of the molecule is COCCNC(=O)[C@H](C)N(c1cc(Cl)ccc1C)S(C)(=O)=O. The van der Waals surface area contributed by atoms with Gasteiger partial charge in [-0.15, -0.1) is 0 Å². The van der Waals surface area contributed by atoms with Crippen LogP contribution >= 0.6 is 11.6 Å². The van der Waals surface area contributed by atoms with Gasteiger partial charge in [-0.25, -0.2) is 8.42 Å². The molecule has 1 aromatic rings. The van der Waals surface area contributed by atoms with Crippen molar-refractivity contribution in [3.05, 3.63) is 28.8 Å². The van der Waals surface area contributed by atoms with E-state index in [-0.39, 0.29) is 0 Å². The van der Waals surface area contributed by atoms with E-state index < -0.39 is 22.0 Å². The summed E-state index contributed by atoms with van der Waals surface area (Å²) in [7, 11) is -2.13. The molecule has 0 saturated carbocycles. The number of carbonyl (C=O) groups excluding carboxylic acids is 1. The normalized spacial score (nSPS) is 12.8. The minimum Gasteiger partial charge on any atom is -0.383 e. The highest BCUT2D eigenvalue weighted by atomic mass is 35.5. The first kappa shape index (κ1) is 18.7. The number of aryl methyl sites for hydroxylation is 1. The Hall–Kier alpha value is -1.31. The third kappa shape index (κ3) is 4.86. The summed E-state index contributed by atoms with van der Waals surface area (Å²) in [6.45, 7) is 3.96. The molecule has 1 N–H and O–H groups in total. The minimum absolute atomic E-state index is 0.311. The highest BCUT2D eigenvalue weighted by molar-refractivity contribution is 7.92. The molecule has 0 bridgehead atoms. The molecule has 0 radical (unpaired) electrons. The van der Waals surface area contributed by atoms with E-state index >= 15 is 0 Å². The fraction of sp³-hybridized carbons (Fsp3) is 0.500. The second-order valence-electron chi connectivity index (χ2n) is 4.95. The van der Waals surface area contributed by atoms with Crippen LogP contribution in [-0.4, -0.2) is 46.9 Å².